The minimum atomic E-state index is -1.17. The lowest BCUT2D eigenvalue weighted by Crippen LogP contribution is -2.04. The molecule has 2 aromatic heterocycles. The van der Waals surface area contributed by atoms with Gasteiger partial charge in [-0.3, -0.25) is 4.40 Å². The monoisotopic (exact) mass is 194 g/mol. The van der Waals surface area contributed by atoms with Crippen molar-refractivity contribution in [1.82, 2.24) is 9.38 Å². The number of fused-ring (bicyclic) bond motifs is 1. The number of pyridine rings is 1. The lowest BCUT2D eigenvalue weighted by molar-refractivity contribution is 0.0683. The lowest BCUT2D eigenvalue weighted by atomic mass is 10.3. The Bertz CT molecular complexity index is 519. The number of hydrogen-bond acceptors (Lipinski definition) is 2. The van der Waals surface area contributed by atoms with Gasteiger partial charge in [-0.2, -0.15) is 0 Å². The van der Waals surface area contributed by atoms with Crippen LogP contribution in [-0.2, 0) is 0 Å². The molecule has 0 saturated carbocycles. The van der Waals surface area contributed by atoms with Crippen LogP contribution in [-0.4, -0.2) is 20.5 Å². The van der Waals surface area contributed by atoms with Crippen LogP contribution in [0.2, 0.25) is 0 Å². The SMILES string of the molecule is Cc1cc(F)c2cnc(C(=O)O)n2c1. The van der Waals surface area contributed by atoms with Gasteiger partial charge in [0.15, 0.2) is 0 Å². The van der Waals surface area contributed by atoms with Crippen LogP contribution in [0.1, 0.15) is 16.2 Å². The highest BCUT2D eigenvalue weighted by Crippen LogP contribution is 2.13. The lowest BCUT2D eigenvalue weighted by Gasteiger charge is -1.99. The van der Waals surface area contributed by atoms with Crippen LogP contribution in [0, 0.1) is 12.7 Å². The molecule has 0 aliphatic rings. The summed E-state index contributed by atoms with van der Waals surface area (Å²) in [7, 11) is 0. The quantitative estimate of drug-likeness (QED) is 0.748. The number of carbonyl (C=O) groups is 1. The van der Waals surface area contributed by atoms with Gasteiger partial charge in [-0.1, -0.05) is 0 Å². The van der Waals surface area contributed by atoms with Crippen molar-refractivity contribution in [3.8, 4) is 0 Å². The number of aryl methyl sites for hydroxylation is 1. The fourth-order valence-electron chi connectivity index (χ4n) is 1.34. The summed E-state index contributed by atoms with van der Waals surface area (Å²) < 4.78 is 14.5. The molecule has 0 fully saturated rings. The van der Waals surface area contributed by atoms with E-state index in [0.29, 0.717) is 5.56 Å². The van der Waals surface area contributed by atoms with Gasteiger partial charge in [-0.15, -0.1) is 0 Å². The maximum atomic E-state index is 13.3. The number of halogens is 1. The number of carboxylic acids is 1. The van der Waals surface area contributed by atoms with Crippen molar-refractivity contribution in [2.75, 3.05) is 0 Å². The van der Waals surface area contributed by atoms with E-state index in [4.69, 9.17) is 5.11 Å². The second kappa shape index (κ2) is 2.80. The topological polar surface area (TPSA) is 54.6 Å². The Balaban J connectivity index is 2.85. The molecular weight excluding hydrogens is 187 g/mol. The van der Waals surface area contributed by atoms with Gasteiger partial charge >= 0.3 is 5.97 Å². The van der Waals surface area contributed by atoms with Crippen molar-refractivity contribution in [2.24, 2.45) is 0 Å². The fourth-order valence-corrected chi connectivity index (χ4v) is 1.34. The third kappa shape index (κ3) is 1.14. The third-order valence-electron chi connectivity index (χ3n) is 1.92. The van der Waals surface area contributed by atoms with Crippen molar-refractivity contribution < 1.29 is 14.3 Å². The molecule has 0 aromatic carbocycles. The summed E-state index contributed by atoms with van der Waals surface area (Å²) in [6, 6.07) is 1.34. The van der Waals surface area contributed by atoms with Crippen LogP contribution in [0.15, 0.2) is 18.5 Å². The van der Waals surface area contributed by atoms with Crippen molar-refractivity contribution in [2.45, 2.75) is 6.92 Å². The highest BCUT2D eigenvalue weighted by atomic mass is 19.1. The predicted molar refractivity (Wildman–Crippen MR) is 46.8 cm³/mol. The molecule has 4 nitrogen and oxygen atoms in total. The van der Waals surface area contributed by atoms with E-state index in [1.165, 1.54) is 22.9 Å². The predicted octanol–water partition coefficient (Wildman–Crippen LogP) is 1.48. The Morgan fingerprint density at radius 3 is 3.00 bits per heavy atom. The number of imidazole rings is 1. The number of hydrogen-bond donors (Lipinski definition) is 1. The first-order valence-electron chi connectivity index (χ1n) is 3.96. The molecule has 14 heavy (non-hydrogen) atoms. The Labute approximate surface area is 78.6 Å². The maximum Gasteiger partial charge on any atom is 0.372 e. The average molecular weight is 194 g/mol. The first-order valence-corrected chi connectivity index (χ1v) is 3.96. The molecular formula is C9H7FN2O2. The zero-order chi connectivity index (χ0) is 10.3. The highest BCUT2D eigenvalue weighted by Gasteiger charge is 2.13. The van der Waals surface area contributed by atoms with E-state index >= 15 is 0 Å². The summed E-state index contributed by atoms with van der Waals surface area (Å²) in [5, 5.41) is 8.75. The second-order valence-corrected chi connectivity index (χ2v) is 3.01. The minimum absolute atomic E-state index is 0.174. The Morgan fingerprint density at radius 2 is 2.36 bits per heavy atom. The first kappa shape index (κ1) is 8.68. The van der Waals surface area contributed by atoms with Crippen LogP contribution >= 0.6 is 0 Å². The molecule has 0 spiro atoms. The van der Waals surface area contributed by atoms with Crippen molar-refractivity contribution in [3.63, 3.8) is 0 Å². The van der Waals surface area contributed by atoms with Crippen LogP contribution in [0.25, 0.3) is 5.52 Å². The minimum Gasteiger partial charge on any atom is -0.475 e. The molecule has 1 N–H and O–H groups in total. The van der Waals surface area contributed by atoms with Crippen molar-refractivity contribution in [1.29, 1.82) is 0 Å². The molecule has 2 heterocycles. The van der Waals surface area contributed by atoms with Gasteiger partial charge in [0.2, 0.25) is 5.82 Å². The molecule has 0 unspecified atom stereocenters. The average Bonchev–Trinajstić information content (AvgIpc) is 2.47. The van der Waals surface area contributed by atoms with E-state index in [0.717, 1.165) is 0 Å². The third-order valence-corrected chi connectivity index (χ3v) is 1.92. The number of aromatic carboxylic acids is 1. The largest absolute Gasteiger partial charge is 0.475 e. The summed E-state index contributed by atoms with van der Waals surface area (Å²) in [6.07, 6.45) is 2.74. The molecule has 0 bridgehead atoms. The van der Waals surface area contributed by atoms with Gasteiger partial charge in [-0.25, -0.2) is 14.2 Å². The normalized spacial score (nSPS) is 10.7. The maximum absolute atomic E-state index is 13.3. The van der Waals surface area contributed by atoms with Crippen molar-refractivity contribution >= 4 is 11.5 Å². The molecule has 72 valence electrons. The van der Waals surface area contributed by atoms with Gasteiger partial charge < -0.3 is 5.11 Å². The number of nitrogens with zero attached hydrogens (tertiary/aromatic N) is 2. The van der Waals surface area contributed by atoms with Gasteiger partial charge in [-0.05, 0) is 18.6 Å². The molecule has 0 saturated heterocycles. The van der Waals surface area contributed by atoms with Crippen molar-refractivity contribution in [3.05, 3.63) is 35.7 Å². The first-order chi connectivity index (χ1) is 6.59. The van der Waals surface area contributed by atoms with E-state index in [-0.39, 0.29) is 11.3 Å². The zero-order valence-corrected chi connectivity index (χ0v) is 7.36. The van der Waals surface area contributed by atoms with Gasteiger partial charge in [0.1, 0.15) is 11.3 Å². The van der Waals surface area contributed by atoms with Crippen LogP contribution in [0.3, 0.4) is 0 Å². The molecule has 0 aliphatic heterocycles. The van der Waals surface area contributed by atoms with E-state index in [9.17, 15) is 9.18 Å². The van der Waals surface area contributed by atoms with Crippen LogP contribution in [0.5, 0.6) is 0 Å². The summed E-state index contributed by atoms with van der Waals surface area (Å²) in [5.74, 6) is -1.82. The molecule has 0 aliphatic carbocycles. The molecule has 0 radical (unpaired) electrons. The standard InChI is InChI=1S/C9H7FN2O2/c1-5-2-6(10)7-3-11-8(9(13)14)12(7)4-5/h2-4H,1H3,(H,13,14). The van der Waals surface area contributed by atoms with E-state index < -0.39 is 11.8 Å². The summed E-state index contributed by atoms with van der Waals surface area (Å²) in [4.78, 5) is 14.3. The number of carboxylic acid groups (broad SMARTS) is 1. The van der Waals surface area contributed by atoms with E-state index in [1.807, 2.05) is 0 Å². The van der Waals surface area contributed by atoms with Gasteiger partial charge in [0.25, 0.3) is 0 Å². The molecule has 0 amide bonds. The second-order valence-electron chi connectivity index (χ2n) is 3.01. The summed E-state index contributed by atoms with van der Waals surface area (Å²) >= 11 is 0. The zero-order valence-electron chi connectivity index (χ0n) is 7.36. The molecule has 0 atom stereocenters. The van der Waals surface area contributed by atoms with E-state index in [1.54, 1.807) is 6.92 Å². The van der Waals surface area contributed by atoms with Crippen LogP contribution < -0.4 is 0 Å². The van der Waals surface area contributed by atoms with Gasteiger partial charge in [0.05, 0.1) is 6.20 Å². The van der Waals surface area contributed by atoms with Crippen LogP contribution in [0.4, 0.5) is 4.39 Å². The number of aromatic nitrogens is 2. The Kier molecular flexibility index (Phi) is 1.73. The summed E-state index contributed by atoms with van der Waals surface area (Å²) in [5.41, 5.74) is 0.823. The van der Waals surface area contributed by atoms with Gasteiger partial charge in [0, 0.05) is 6.20 Å². The molecule has 5 heteroatoms. The summed E-state index contributed by atoms with van der Waals surface area (Å²) in [6.45, 7) is 1.69. The molecule has 2 rings (SSSR count). The smallest absolute Gasteiger partial charge is 0.372 e. The Morgan fingerprint density at radius 1 is 1.64 bits per heavy atom. The fraction of sp³-hybridized carbons (Fsp3) is 0.111. The highest BCUT2D eigenvalue weighted by molar-refractivity contribution is 5.85. The Hall–Kier alpha value is -1.91. The van der Waals surface area contributed by atoms with E-state index in [2.05, 4.69) is 4.98 Å². The molecule has 2 aromatic rings. The number of rotatable bonds is 1.